The van der Waals surface area contributed by atoms with Crippen LogP contribution < -0.4 is 9.46 Å². The van der Waals surface area contributed by atoms with E-state index in [4.69, 9.17) is 4.74 Å². The molecule has 2 aromatic carbocycles. The van der Waals surface area contributed by atoms with Gasteiger partial charge in [0.25, 0.3) is 10.0 Å². The molecule has 7 heteroatoms. The van der Waals surface area contributed by atoms with Crippen LogP contribution in [-0.2, 0) is 10.0 Å². The highest BCUT2D eigenvalue weighted by molar-refractivity contribution is 7.93. The zero-order chi connectivity index (χ0) is 16.3. The monoisotopic (exact) mass is 346 g/mol. The average molecular weight is 346 g/mol. The first-order valence-corrected chi connectivity index (χ1v) is 9.12. The normalized spacial score (nSPS) is 11.2. The summed E-state index contributed by atoms with van der Waals surface area (Å²) in [5.41, 5.74) is 1.61. The summed E-state index contributed by atoms with van der Waals surface area (Å²) in [6, 6.07) is 15.6. The van der Waals surface area contributed by atoms with Crippen LogP contribution >= 0.6 is 11.3 Å². The van der Waals surface area contributed by atoms with E-state index < -0.39 is 10.0 Å². The van der Waals surface area contributed by atoms with Crippen molar-refractivity contribution >= 4 is 26.5 Å². The van der Waals surface area contributed by atoms with Crippen molar-refractivity contribution in [3.05, 3.63) is 60.0 Å². The topological polar surface area (TPSA) is 68.3 Å². The first kappa shape index (κ1) is 15.5. The predicted molar refractivity (Wildman–Crippen MR) is 91.4 cm³/mol. The molecule has 0 spiro atoms. The highest BCUT2D eigenvalue weighted by atomic mass is 32.2. The fourth-order valence-electron chi connectivity index (χ4n) is 1.99. The molecular formula is C16H14N2O3S2. The number of hydrogen-bond acceptors (Lipinski definition) is 5. The van der Waals surface area contributed by atoms with E-state index in [1.54, 1.807) is 37.4 Å². The molecule has 0 amide bonds. The first-order chi connectivity index (χ1) is 11.1. The van der Waals surface area contributed by atoms with Crippen LogP contribution in [0, 0.1) is 0 Å². The molecule has 0 aliphatic carbocycles. The van der Waals surface area contributed by atoms with Gasteiger partial charge in [0.1, 0.15) is 5.75 Å². The van der Waals surface area contributed by atoms with Crippen molar-refractivity contribution in [2.75, 3.05) is 11.8 Å². The molecule has 0 aliphatic heterocycles. The number of thiazole rings is 1. The van der Waals surface area contributed by atoms with Gasteiger partial charge in [0, 0.05) is 10.9 Å². The van der Waals surface area contributed by atoms with E-state index in [0.29, 0.717) is 10.8 Å². The number of hydrogen-bond donors (Lipinski definition) is 1. The summed E-state index contributed by atoms with van der Waals surface area (Å²) in [5, 5.41) is 2.14. The van der Waals surface area contributed by atoms with E-state index in [-0.39, 0.29) is 4.90 Å². The van der Waals surface area contributed by atoms with Gasteiger partial charge in [-0.3, -0.25) is 4.72 Å². The van der Waals surface area contributed by atoms with Crippen molar-refractivity contribution < 1.29 is 13.2 Å². The van der Waals surface area contributed by atoms with Gasteiger partial charge in [-0.2, -0.15) is 0 Å². The van der Waals surface area contributed by atoms with Crippen LogP contribution in [0.5, 0.6) is 5.75 Å². The first-order valence-electron chi connectivity index (χ1n) is 6.76. The lowest BCUT2D eigenvalue weighted by Gasteiger charge is -2.04. The number of aromatic nitrogens is 1. The van der Waals surface area contributed by atoms with Crippen LogP contribution in [-0.4, -0.2) is 20.5 Å². The molecule has 0 bridgehead atoms. The Morgan fingerprint density at radius 3 is 2.39 bits per heavy atom. The second-order valence-electron chi connectivity index (χ2n) is 4.68. The standard InChI is InChI=1S/C16H14N2O3S2/c1-21-13-9-7-12(8-10-13)15-11-22-16(17-15)18-23(19,20)14-5-3-2-4-6-14/h2-11H,1H3,(H,17,18). The van der Waals surface area contributed by atoms with Gasteiger partial charge in [0.2, 0.25) is 0 Å². The lowest BCUT2D eigenvalue weighted by molar-refractivity contribution is 0.415. The zero-order valence-electron chi connectivity index (χ0n) is 12.3. The van der Waals surface area contributed by atoms with Gasteiger partial charge in [0.05, 0.1) is 17.7 Å². The fourth-order valence-corrected chi connectivity index (χ4v) is 3.98. The SMILES string of the molecule is COc1ccc(-c2csc(NS(=O)(=O)c3ccccc3)n2)cc1. The molecule has 0 aliphatic rings. The molecule has 3 aromatic rings. The van der Waals surface area contributed by atoms with E-state index in [2.05, 4.69) is 9.71 Å². The molecule has 0 atom stereocenters. The third kappa shape index (κ3) is 3.52. The molecule has 0 saturated carbocycles. The molecule has 1 N–H and O–H groups in total. The second-order valence-corrected chi connectivity index (χ2v) is 7.23. The second kappa shape index (κ2) is 6.39. The molecule has 23 heavy (non-hydrogen) atoms. The third-order valence-corrected chi connectivity index (χ3v) is 5.41. The van der Waals surface area contributed by atoms with Crippen LogP contribution in [0.1, 0.15) is 0 Å². The number of ether oxygens (including phenoxy) is 1. The number of methoxy groups -OCH3 is 1. The lowest BCUT2D eigenvalue weighted by Crippen LogP contribution is -2.12. The molecule has 5 nitrogen and oxygen atoms in total. The van der Waals surface area contributed by atoms with Crippen molar-refractivity contribution in [3.8, 4) is 17.0 Å². The molecular weight excluding hydrogens is 332 g/mol. The minimum absolute atomic E-state index is 0.209. The van der Waals surface area contributed by atoms with E-state index in [1.807, 2.05) is 29.6 Å². The maximum atomic E-state index is 12.3. The Kier molecular flexibility index (Phi) is 4.31. The van der Waals surface area contributed by atoms with Crippen LogP contribution in [0.3, 0.4) is 0 Å². The van der Waals surface area contributed by atoms with Gasteiger partial charge in [-0.05, 0) is 36.4 Å². The lowest BCUT2D eigenvalue weighted by atomic mass is 10.2. The van der Waals surface area contributed by atoms with Crippen molar-refractivity contribution in [1.29, 1.82) is 0 Å². The fraction of sp³-hybridized carbons (Fsp3) is 0.0625. The van der Waals surface area contributed by atoms with Gasteiger partial charge < -0.3 is 4.74 Å². The van der Waals surface area contributed by atoms with E-state index in [0.717, 1.165) is 11.3 Å². The van der Waals surface area contributed by atoms with Crippen molar-refractivity contribution in [2.24, 2.45) is 0 Å². The number of nitrogens with one attached hydrogen (secondary N) is 1. The average Bonchev–Trinajstić information content (AvgIpc) is 3.03. The van der Waals surface area contributed by atoms with E-state index >= 15 is 0 Å². The number of nitrogens with zero attached hydrogens (tertiary/aromatic N) is 1. The van der Waals surface area contributed by atoms with Gasteiger partial charge in [-0.25, -0.2) is 13.4 Å². The molecule has 0 radical (unpaired) electrons. The summed E-state index contributed by atoms with van der Waals surface area (Å²) < 4.78 is 32.2. The minimum atomic E-state index is -3.61. The maximum absolute atomic E-state index is 12.3. The quantitative estimate of drug-likeness (QED) is 0.766. The number of rotatable bonds is 5. The van der Waals surface area contributed by atoms with Crippen molar-refractivity contribution in [2.45, 2.75) is 4.90 Å². The Labute approximate surface area is 138 Å². The van der Waals surface area contributed by atoms with E-state index in [1.165, 1.54) is 11.3 Å². The Bertz CT molecular complexity index is 889. The number of anilines is 1. The Morgan fingerprint density at radius 1 is 1.04 bits per heavy atom. The molecule has 0 fully saturated rings. The molecule has 1 heterocycles. The Morgan fingerprint density at radius 2 is 1.74 bits per heavy atom. The Balaban J connectivity index is 1.82. The van der Waals surface area contributed by atoms with Crippen molar-refractivity contribution in [1.82, 2.24) is 4.98 Å². The Hall–Kier alpha value is -2.38. The van der Waals surface area contributed by atoms with Gasteiger partial charge >= 0.3 is 0 Å². The van der Waals surface area contributed by atoms with E-state index in [9.17, 15) is 8.42 Å². The summed E-state index contributed by atoms with van der Waals surface area (Å²) in [5.74, 6) is 0.758. The number of sulfonamides is 1. The summed E-state index contributed by atoms with van der Waals surface area (Å²) in [7, 11) is -2.01. The summed E-state index contributed by atoms with van der Waals surface area (Å²) in [6.45, 7) is 0. The highest BCUT2D eigenvalue weighted by Gasteiger charge is 2.15. The van der Waals surface area contributed by atoms with Crippen molar-refractivity contribution in [3.63, 3.8) is 0 Å². The zero-order valence-corrected chi connectivity index (χ0v) is 13.9. The third-order valence-electron chi connectivity index (χ3n) is 3.17. The van der Waals surface area contributed by atoms with Crippen LogP contribution in [0.4, 0.5) is 5.13 Å². The highest BCUT2D eigenvalue weighted by Crippen LogP contribution is 2.27. The maximum Gasteiger partial charge on any atom is 0.263 e. The smallest absolute Gasteiger partial charge is 0.263 e. The minimum Gasteiger partial charge on any atom is -0.497 e. The molecule has 0 saturated heterocycles. The van der Waals surface area contributed by atoms with Crippen LogP contribution in [0.25, 0.3) is 11.3 Å². The molecule has 1 aromatic heterocycles. The molecule has 0 unspecified atom stereocenters. The largest absolute Gasteiger partial charge is 0.497 e. The van der Waals surface area contributed by atoms with Crippen LogP contribution in [0.2, 0.25) is 0 Å². The number of benzene rings is 2. The molecule has 3 rings (SSSR count). The van der Waals surface area contributed by atoms with Gasteiger partial charge in [0.15, 0.2) is 5.13 Å². The van der Waals surface area contributed by atoms with Gasteiger partial charge in [-0.1, -0.05) is 18.2 Å². The summed E-state index contributed by atoms with van der Waals surface area (Å²) in [6.07, 6.45) is 0. The summed E-state index contributed by atoms with van der Waals surface area (Å²) in [4.78, 5) is 4.54. The summed E-state index contributed by atoms with van der Waals surface area (Å²) >= 11 is 1.24. The van der Waals surface area contributed by atoms with Gasteiger partial charge in [-0.15, -0.1) is 11.3 Å². The predicted octanol–water partition coefficient (Wildman–Crippen LogP) is 3.62. The molecule has 118 valence electrons. The van der Waals surface area contributed by atoms with Crippen LogP contribution in [0.15, 0.2) is 64.9 Å².